The normalized spacial score (nSPS) is 9.78. The van der Waals surface area contributed by atoms with E-state index in [1.165, 1.54) is 6.20 Å². The van der Waals surface area contributed by atoms with Crippen LogP contribution < -0.4 is 0 Å². The molecule has 0 spiro atoms. The van der Waals surface area contributed by atoms with Crippen LogP contribution in [-0.2, 0) is 6.42 Å². The Morgan fingerprint density at radius 3 is 2.83 bits per heavy atom. The Hall–Kier alpha value is -2.18. The number of pyridine rings is 1. The predicted molar refractivity (Wildman–Crippen MR) is 68.4 cm³/mol. The number of carbonyl (C=O) groups is 1. The van der Waals surface area contributed by atoms with E-state index in [4.69, 9.17) is 16.9 Å². The quantitative estimate of drug-likeness (QED) is 0.627. The lowest BCUT2D eigenvalue weighted by molar-refractivity contribution is 0.0992. The van der Waals surface area contributed by atoms with E-state index < -0.39 is 0 Å². The van der Waals surface area contributed by atoms with Crippen LogP contribution in [0.15, 0.2) is 42.6 Å². The molecule has 0 radical (unpaired) electrons. The molecule has 0 atom stereocenters. The molecule has 1 aromatic carbocycles. The van der Waals surface area contributed by atoms with Crippen LogP contribution in [0.5, 0.6) is 0 Å². The van der Waals surface area contributed by atoms with Crippen LogP contribution in [0.25, 0.3) is 0 Å². The lowest BCUT2D eigenvalue weighted by atomic mass is 10.0. The van der Waals surface area contributed by atoms with Gasteiger partial charge in [0.15, 0.2) is 5.78 Å². The molecular weight excluding hydrogens is 248 g/mol. The SMILES string of the molecule is N#Cc1cccc(CC(=O)c2ccc(Cl)nc2)c1. The topological polar surface area (TPSA) is 53.8 Å². The summed E-state index contributed by atoms with van der Waals surface area (Å²) in [7, 11) is 0. The highest BCUT2D eigenvalue weighted by molar-refractivity contribution is 6.29. The molecule has 0 aliphatic carbocycles. The first-order chi connectivity index (χ1) is 8.69. The molecule has 0 aliphatic rings. The molecule has 0 aliphatic heterocycles. The number of ketones is 1. The second-order valence-corrected chi connectivity index (χ2v) is 4.17. The molecule has 0 saturated heterocycles. The molecule has 0 fully saturated rings. The van der Waals surface area contributed by atoms with Gasteiger partial charge in [0.2, 0.25) is 0 Å². The fourth-order valence-electron chi connectivity index (χ4n) is 1.58. The van der Waals surface area contributed by atoms with Crippen molar-refractivity contribution in [3.63, 3.8) is 0 Å². The highest BCUT2D eigenvalue weighted by atomic mass is 35.5. The van der Waals surface area contributed by atoms with Gasteiger partial charge in [0.25, 0.3) is 0 Å². The van der Waals surface area contributed by atoms with Gasteiger partial charge < -0.3 is 0 Å². The maximum atomic E-state index is 12.0. The highest BCUT2D eigenvalue weighted by Gasteiger charge is 2.07. The van der Waals surface area contributed by atoms with Crippen molar-refractivity contribution in [3.8, 4) is 6.07 Å². The van der Waals surface area contributed by atoms with Crippen molar-refractivity contribution < 1.29 is 4.79 Å². The summed E-state index contributed by atoms with van der Waals surface area (Å²) < 4.78 is 0. The lowest BCUT2D eigenvalue weighted by Gasteiger charge is -2.01. The van der Waals surface area contributed by atoms with Crippen LogP contribution >= 0.6 is 11.6 Å². The summed E-state index contributed by atoms with van der Waals surface area (Å²) in [4.78, 5) is 15.8. The van der Waals surface area contributed by atoms with Crippen LogP contribution in [0.4, 0.5) is 0 Å². The second-order valence-electron chi connectivity index (χ2n) is 3.78. The summed E-state index contributed by atoms with van der Waals surface area (Å²) in [6.07, 6.45) is 1.71. The first-order valence-electron chi connectivity index (χ1n) is 5.33. The van der Waals surface area contributed by atoms with E-state index in [1.807, 2.05) is 12.1 Å². The summed E-state index contributed by atoms with van der Waals surface area (Å²) in [5, 5.41) is 9.14. The number of nitrogens with zero attached hydrogens (tertiary/aromatic N) is 2. The highest BCUT2D eigenvalue weighted by Crippen LogP contribution is 2.11. The summed E-state index contributed by atoms with van der Waals surface area (Å²) in [6, 6.07) is 12.3. The van der Waals surface area contributed by atoms with E-state index in [9.17, 15) is 4.79 Å². The first-order valence-corrected chi connectivity index (χ1v) is 5.70. The molecule has 0 saturated carbocycles. The van der Waals surface area contributed by atoms with Crippen LogP contribution in [0, 0.1) is 11.3 Å². The predicted octanol–water partition coefficient (Wildman–Crippen LogP) is 3.03. The number of rotatable bonds is 3. The molecular formula is C14H9ClN2O. The zero-order chi connectivity index (χ0) is 13.0. The minimum Gasteiger partial charge on any atom is -0.294 e. The van der Waals surface area contributed by atoms with Gasteiger partial charge in [-0.15, -0.1) is 0 Å². The Morgan fingerprint density at radius 1 is 1.33 bits per heavy atom. The van der Waals surface area contributed by atoms with E-state index in [0.717, 1.165) is 5.56 Å². The van der Waals surface area contributed by atoms with Gasteiger partial charge in [-0.2, -0.15) is 5.26 Å². The van der Waals surface area contributed by atoms with Gasteiger partial charge in [-0.05, 0) is 29.8 Å². The van der Waals surface area contributed by atoms with Crippen LogP contribution in [-0.4, -0.2) is 10.8 Å². The maximum Gasteiger partial charge on any atom is 0.168 e. The van der Waals surface area contributed by atoms with Gasteiger partial charge >= 0.3 is 0 Å². The number of Topliss-reactive ketones (excluding diaryl/α,β-unsaturated/α-hetero) is 1. The second kappa shape index (κ2) is 5.44. The van der Waals surface area contributed by atoms with Crippen molar-refractivity contribution >= 4 is 17.4 Å². The minimum absolute atomic E-state index is 0.0470. The van der Waals surface area contributed by atoms with Crippen molar-refractivity contribution in [1.29, 1.82) is 5.26 Å². The Bertz CT molecular complexity index is 614. The van der Waals surface area contributed by atoms with Crippen LogP contribution in [0.3, 0.4) is 0 Å². The van der Waals surface area contributed by atoms with Gasteiger partial charge in [-0.1, -0.05) is 23.7 Å². The van der Waals surface area contributed by atoms with Gasteiger partial charge in [-0.25, -0.2) is 4.98 Å². The third-order valence-electron chi connectivity index (χ3n) is 2.47. The van der Waals surface area contributed by atoms with Crippen LogP contribution in [0.1, 0.15) is 21.5 Å². The monoisotopic (exact) mass is 256 g/mol. The van der Waals surface area contributed by atoms with E-state index >= 15 is 0 Å². The Kier molecular flexibility index (Phi) is 3.71. The first kappa shape index (κ1) is 12.3. The van der Waals surface area contributed by atoms with Crippen LogP contribution in [0.2, 0.25) is 5.15 Å². The summed E-state index contributed by atoms with van der Waals surface area (Å²) in [6.45, 7) is 0. The average molecular weight is 257 g/mol. The maximum absolute atomic E-state index is 12.0. The number of aromatic nitrogens is 1. The Labute approximate surface area is 110 Å². The van der Waals surface area contributed by atoms with E-state index in [-0.39, 0.29) is 12.2 Å². The number of carbonyl (C=O) groups excluding carboxylic acids is 1. The molecule has 1 aromatic heterocycles. The molecule has 0 bridgehead atoms. The average Bonchev–Trinajstić information content (AvgIpc) is 2.39. The van der Waals surface area contributed by atoms with Gasteiger partial charge in [0.05, 0.1) is 11.6 Å². The Morgan fingerprint density at radius 2 is 2.17 bits per heavy atom. The number of nitriles is 1. The van der Waals surface area contributed by atoms with Crippen molar-refractivity contribution in [2.24, 2.45) is 0 Å². The fraction of sp³-hybridized carbons (Fsp3) is 0.0714. The molecule has 0 amide bonds. The lowest BCUT2D eigenvalue weighted by Crippen LogP contribution is -2.04. The summed E-state index contributed by atoms with van der Waals surface area (Å²) >= 11 is 5.66. The molecule has 88 valence electrons. The number of hydrogen-bond donors (Lipinski definition) is 0. The van der Waals surface area contributed by atoms with E-state index in [1.54, 1.807) is 30.3 Å². The summed E-state index contributed by atoms with van der Waals surface area (Å²) in [5.74, 6) is -0.0470. The van der Waals surface area contributed by atoms with Gasteiger partial charge in [0.1, 0.15) is 5.15 Å². The molecule has 0 unspecified atom stereocenters. The summed E-state index contributed by atoms with van der Waals surface area (Å²) in [5.41, 5.74) is 1.88. The van der Waals surface area contributed by atoms with Gasteiger partial charge in [0, 0.05) is 18.2 Å². The van der Waals surface area contributed by atoms with Crippen molar-refractivity contribution in [2.45, 2.75) is 6.42 Å². The minimum atomic E-state index is -0.0470. The van der Waals surface area contributed by atoms with Crippen molar-refractivity contribution in [2.75, 3.05) is 0 Å². The standard InChI is InChI=1S/C14H9ClN2O/c15-14-5-4-12(9-17-14)13(18)7-10-2-1-3-11(6-10)8-16/h1-6,9H,7H2. The zero-order valence-electron chi connectivity index (χ0n) is 9.43. The molecule has 4 heteroatoms. The molecule has 2 rings (SSSR count). The zero-order valence-corrected chi connectivity index (χ0v) is 10.2. The van der Waals surface area contributed by atoms with Crippen molar-refractivity contribution in [1.82, 2.24) is 4.98 Å². The number of halogens is 1. The number of hydrogen-bond acceptors (Lipinski definition) is 3. The largest absolute Gasteiger partial charge is 0.294 e. The fourth-order valence-corrected chi connectivity index (χ4v) is 1.69. The van der Waals surface area contributed by atoms with Gasteiger partial charge in [-0.3, -0.25) is 4.79 Å². The van der Waals surface area contributed by atoms with E-state index in [2.05, 4.69) is 4.98 Å². The molecule has 1 heterocycles. The third-order valence-corrected chi connectivity index (χ3v) is 2.69. The third kappa shape index (κ3) is 2.93. The Balaban J connectivity index is 2.16. The van der Waals surface area contributed by atoms with E-state index in [0.29, 0.717) is 16.3 Å². The smallest absolute Gasteiger partial charge is 0.168 e. The molecule has 18 heavy (non-hydrogen) atoms. The van der Waals surface area contributed by atoms with Crippen molar-refractivity contribution in [3.05, 3.63) is 64.4 Å². The number of benzene rings is 1. The molecule has 3 nitrogen and oxygen atoms in total. The molecule has 2 aromatic rings. The molecule has 0 N–H and O–H groups in total.